The van der Waals surface area contributed by atoms with Gasteiger partial charge in [-0.05, 0) is 36.8 Å². The monoisotopic (exact) mass is 379 g/mol. The lowest BCUT2D eigenvalue weighted by molar-refractivity contribution is -0.144. The molecule has 0 aliphatic rings. The molecule has 2 aromatic carbocycles. The summed E-state index contributed by atoms with van der Waals surface area (Å²) in [6.45, 7) is 2.37. The molecule has 1 heterocycles. The van der Waals surface area contributed by atoms with E-state index in [1.807, 2.05) is 0 Å². The molecule has 3 rings (SSSR count). The average molecular weight is 379 g/mol. The molecule has 3 aromatic rings. The number of hydrogen-bond donors (Lipinski definition) is 0. The summed E-state index contributed by atoms with van der Waals surface area (Å²) in [5.74, 6) is -1.47. The van der Waals surface area contributed by atoms with E-state index >= 15 is 0 Å². The minimum absolute atomic E-state index is 0.105. The van der Waals surface area contributed by atoms with Crippen molar-refractivity contribution >= 4 is 16.7 Å². The Kier molecular flexibility index (Phi) is 5.16. The number of anilines is 1. The number of ether oxygens (including phenoxy) is 1. The Bertz CT molecular complexity index is 959. The summed E-state index contributed by atoms with van der Waals surface area (Å²) < 4.78 is 58.5. The van der Waals surface area contributed by atoms with Crippen molar-refractivity contribution in [3.63, 3.8) is 0 Å². The van der Waals surface area contributed by atoms with Gasteiger partial charge >= 0.3 is 6.18 Å². The second-order valence-electron chi connectivity index (χ2n) is 5.87. The normalized spacial score (nSPS) is 11.6. The molecule has 0 radical (unpaired) electrons. The number of halogens is 4. The molecule has 0 aliphatic heterocycles. The quantitative estimate of drug-likeness (QED) is 0.596. The van der Waals surface area contributed by atoms with Crippen molar-refractivity contribution in [1.82, 2.24) is 9.97 Å². The molecule has 4 nitrogen and oxygen atoms in total. The Morgan fingerprint density at radius 3 is 2.44 bits per heavy atom. The van der Waals surface area contributed by atoms with Crippen molar-refractivity contribution < 1.29 is 22.3 Å². The van der Waals surface area contributed by atoms with Crippen LogP contribution in [0, 0.1) is 5.82 Å². The third-order valence-electron chi connectivity index (χ3n) is 4.11. The predicted molar refractivity (Wildman–Crippen MR) is 94.2 cm³/mol. The number of para-hydroxylation sites is 1. The van der Waals surface area contributed by atoms with Gasteiger partial charge in [-0.2, -0.15) is 13.2 Å². The van der Waals surface area contributed by atoms with Crippen LogP contribution in [0.15, 0.2) is 42.5 Å². The number of methoxy groups -OCH3 is 1. The summed E-state index contributed by atoms with van der Waals surface area (Å²) in [5.41, 5.74) is 0.792. The van der Waals surface area contributed by atoms with Crippen LogP contribution in [0.5, 0.6) is 5.75 Å². The molecule has 0 bridgehead atoms. The molecule has 8 heteroatoms. The maximum atomic E-state index is 14.0. The largest absolute Gasteiger partial charge is 0.494 e. The van der Waals surface area contributed by atoms with Crippen LogP contribution < -0.4 is 9.64 Å². The molecular formula is C19H17F4N3O. The zero-order chi connectivity index (χ0) is 19.6. The Morgan fingerprint density at radius 1 is 1.07 bits per heavy atom. The van der Waals surface area contributed by atoms with Crippen molar-refractivity contribution in [2.75, 3.05) is 18.6 Å². The van der Waals surface area contributed by atoms with Gasteiger partial charge in [-0.15, -0.1) is 0 Å². The SMILES string of the molecule is CCN(Cc1ccc(OC)c(F)c1)c1nc(C(F)(F)F)nc2ccccc12. The first-order valence-corrected chi connectivity index (χ1v) is 8.24. The summed E-state index contributed by atoms with van der Waals surface area (Å²) >= 11 is 0. The lowest BCUT2D eigenvalue weighted by atomic mass is 10.1. The topological polar surface area (TPSA) is 38.2 Å². The number of aromatic nitrogens is 2. The van der Waals surface area contributed by atoms with Gasteiger partial charge in [0.15, 0.2) is 11.6 Å². The number of benzene rings is 2. The van der Waals surface area contributed by atoms with E-state index in [0.717, 1.165) is 0 Å². The van der Waals surface area contributed by atoms with E-state index in [9.17, 15) is 17.6 Å². The molecule has 1 aromatic heterocycles. The van der Waals surface area contributed by atoms with Gasteiger partial charge in [0.1, 0.15) is 5.82 Å². The van der Waals surface area contributed by atoms with Crippen LogP contribution in [0.3, 0.4) is 0 Å². The molecule has 142 valence electrons. The molecule has 0 saturated carbocycles. The van der Waals surface area contributed by atoms with Gasteiger partial charge in [-0.3, -0.25) is 0 Å². The van der Waals surface area contributed by atoms with E-state index in [-0.39, 0.29) is 23.6 Å². The van der Waals surface area contributed by atoms with Crippen molar-refractivity contribution in [3.05, 3.63) is 59.7 Å². The van der Waals surface area contributed by atoms with Gasteiger partial charge in [0.2, 0.25) is 5.82 Å². The third-order valence-corrected chi connectivity index (χ3v) is 4.11. The predicted octanol–water partition coefficient (Wildman–Crippen LogP) is 4.82. The van der Waals surface area contributed by atoms with Crippen LogP contribution in [-0.4, -0.2) is 23.6 Å². The Morgan fingerprint density at radius 2 is 1.81 bits per heavy atom. The zero-order valence-corrected chi connectivity index (χ0v) is 14.7. The lowest BCUT2D eigenvalue weighted by Gasteiger charge is -2.24. The van der Waals surface area contributed by atoms with Gasteiger partial charge in [0.05, 0.1) is 12.6 Å². The van der Waals surface area contributed by atoms with Gasteiger partial charge < -0.3 is 9.64 Å². The van der Waals surface area contributed by atoms with E-state index < -0.39 is 17.8 Å². The van der Waals surface area contributed by atoms with Crippen LogP contribution >= 0.6 is 0 Å². The highest BCUT2D eigenvalue weighted by Crippen LogP contribution is 2.32. The highest BCUT2D eigenvalue weighted by Gasteiger charge is 2.36. The first kappa shape index (κ1) is 18.9. The fourth-order valence-electron chi connectivity index (χ4n) is 2.79. The van der Waals surface area contributed by atoms with Crippen molar-refractivity contribution in [1.29, 1.82) is 0 Å². The van der Waals surface area contributed by atoms with E-state index in [0.29, 0.717) is 17.5 Å². The molecule has 0 unspecified atom stereocenters. The minimum Gasteiger partial charge on any atom is -0.494 e. The number of hydrogen-bond acceptors (Lipinski definition) is 4. The smallest absolute Gasteiger partial charge is 0.451 e. The molecule has 0 spiro atoms. The number of rotatable bonds is 5. The fraction of sp³-hybridized carbons (Fsp3) is 0.263. The second kappa shape index (κ2) is 7.38. The van der Waals surface area contributed by atoms with E-state index in [1.54, 1.807) is 36.1 Å². The van der Waals surface area contributed by atoms with Crippen LogP contribution in [0.4, 0.5) is 23.4 Å². The van der Waals surface area contributed by atoms with Crippen LogP contribution in [0.2, 0.25) is 0 Å². The lowest BCUT2D eigenvalue weighted by Crippen LogP contribution is -2.25. The highest BCUT2D eigenvalue weighted by atomic mass is 19.4. The maximum Gasteiger partial charge on any atom is 0.451 e. The van der Waals surface area contributed by atoms with Gasteiger partial charge in [-0.1, -0.05) is 18.2 Å². The summed E-state index contributed by atoms with van der Waals surface area (Å²) in [5, 5.41) is 0.501. The maximum absolute atomic E-state index is 14.0. The molecule has 27 heavy (non-hydrogen) atoms. The van der Waals surface area contributed by atoms with Gasteiger partial charge in [-0.25, -0.2) is 14.4 Å². The first-order chi connectivity index (χ1) is 12.8. The number of alkyl halides is 3. The van der Waals surface area contributed by atoms with Gasteiger partial charge in [0.25, 0.3) is 0 Å². The fourth-order valence-corrected chi connectivity index (χ4v) is 2.79. The van der Waals surface area contributed by atoms with Gasteiger partial charge in [0, 0.05) is 18.5 Å². The number of nitrogens with zero attached hydrogens (tertiary/aromatic N) is 3. The van der Waals surface area contributed by atoms with E-state index in [4.69, 9.17) is 4.74 Å². The molecule has 0 atom stereocenters. The molecule has 0 aliphatic carbocycles. The summed E-state index contributed by atoms with van der Waals surface area (Å²) in [7, 11) is 1.36. The highest BCUT2D eigenvalue weighted by molar-refractivity contribution is 5.89. The third kappa shape index (κ3) is 3.94. The standard InChI is InChI=1S/C19H17F4N3O/c1-3-26(11-12-8-9-16(27-2)14(20)10-12)17-13-6-4-5-7-15(13)24-18(25-17)19(21,22)23/h4-10H,3,11H2,1-2H3. The minimum atomic E-state index is -4.66. The van der Waals surface area contributed by atoms with Crippen LogP contribution in [-0.2, 0) is 12.7 Å². The van der Waals surface area contributed by atoms with Crippen molar-refractivity contribution in [2.45, 2.75) is 19.6 Å². The average Bonchev–Trinajstić information content (AvgIpc) is 2.64. The summed E-state index contributed by atoms with van der Waals surface area (Å²) in [6.07, 6.45) is -4.66. The summed E-state index contributed by atoms with van der Waals surface area (Å²) in [4.78, 5) is 9.05. The van der Waals surface area contributed by atoms with Crippen molar-refractivity contribution in [3.8, 4) is 5.75 Å². The Balaban J connectivity index is 2.06. The molecule has 0 fully saturated rings. The van der Waals surface area contributed by atoms with E-state index in [1.165, 1.54) is 25.3 Å². The molecule has 0 saturated heterocycles. The number of fused-ring (bicyclic) bond motifs is 1. The Hall–Kier alpha value is -2.90. The first-order valence-electron chi connectivity index (χ1n) is 8.24. The summed E-state index contributed by atoms with van der Waals surface area (Å²) in [6, 6.07) is 11.0. The second-order valence-corrected chi connectivity index (χ2v) is 5.87. The van der Waals surface area contributed by atoms with Crippen LogP contribution in [0.25, 0.3) is 10.9 Å². The molecule has 0 amide bonds. The van der Waals surface area contributed by atoms with Crippen LogP contribution in [0.1, 0.15) is 18.3 Å². The van der Waals surface area contributed by atoms with Crippen molar-refractivity contribution in [2.24, 2.45) is 0 Å². The van der Waals surface area contributed by atoms with E-state index in [2.05, 4.69) is 9.97 Å². The Labute approximate surface area is 153 Å². The molecular weight excluding hydrogens is 362 g/mol. The molecule has 0 N–H and O–H groups in total. The zero-order valence-electron chi connectivity index (χ0n) is 14.7.